The molecule has 1 heterocycles. The van der Waals surface area contributed by atoms with E-state index in [4.69, 9.17) is 4.74 Å². The molecule has 3 aromatic carbocycles. The van der Waals surface area contributed by atoms with Gasteiger partial charge in [-0.3, -0.25) is 4.79 Å². The fourth-order valence-corrected chi connectivity index (χ4v) is 3.52. The van der Waals surface area contributed by atoms with Crippen molar-refractivity contribution >= 4 is 33.5 Å². The van der Waals surface area contributed by atoms with Gasteiger partial charge in [0.1, 0.15) is 18.8 Å². The summed E-state index contributed by atoms with van der Waals surface area (Å²) in [5, 5.41) is 7.00. The van der Waals surface area contributed by atoms with Crippen molar-refractivity contribution in [1.29, 1.82) is 0 Å². The number of aromatic nitrogens is 3. The van der Waals surface area contributed by atoms with Gasteiger partial charge in [0.25, 0.3) is 5.91 Å². The van der Waals surface area contributed by atoms with E-state index in [1.54, 1.807) is 53.5 Å². The molecule has 1 amide bonds. The molecule has 0 aliphatic rings. The van der Waals surface area contributed by atoms with Crippen LogP contribution in [0, 0.1) is 6.92 Å². The zero-order valence-electron chi connectivity index (χ0n) is 17.8. The van der Waals surface area contributed by atoms with Crippen molar-refractivity contribution in [3.63, 3.8) is 0 Å². The van der Waals surface area contributed by atoms with Crippen LogP contribution < -0.4 is 5.32 Å². The van der Waals surface area contributed by atoms with Crippen LogP contribution in [-0.2, 0) is 11.3 Å². The van der Waals surface area contributed by atoms with Crippen molar-refractivity contribution < 1.29 is 14.3 Å². The number of anilines is 1. The number of nitrogens with one attached hydrogen (secondary N) is 1. The van der Waals surface area contributed by atoms with Gasteiger partial charge in [0.15, 0.2) is 0 Å². The van der Waals surface area contributed by atoms with Gasteiger partial charge in [-0.1, -0.05) is 52.3 Å². The van der Waals surface area contributed by atoms with Crippen LogP contribution in [0.1, 0.15) is 37.9 Å². The predicted octanol–water partition coefficient (Wildman–Crippen LogP) is 5.20. The number of aryl methyl sites for hydroxylation is 1. The fraction of sp³-hybridized carbons (Fsp3) is 0.120. The summed E-state index contributed by atoms with van der Waals surface area (Å²) in [6.45, 7) is 2.19. The smallest absolute Gasteiger partial charge is 0.338 e. The molecule has 0 aliphatic carbocycles. The predicted molar refractivity (Wildman–Crippen MR) is 128 cm³/mol. The summed E-state index contributed by atoms with van der Waals surface area (Å²) >= 11 is 3.36. The van der Waals surface area contributed by atoms with Gasteiger partial charge in [-0.05, 0) is 54.4 Å². The fourth-order valence-electron chi connectivity index (χ4n) is 3.25. The minimum Gasteiger partial charge on any atom is -0.452 e. The van der Waals surface area contributed by atoms with Crippen LogP contribution >= 0.6 is 15.9 Å². The monoisotopic (exact) mass is 504 g/mol. The highest BCUT2D eigenvalue weighted by Gasteiger charge is 2.20. The summed E-state index contributed by atoms with van der Waals surface area (Å²) in [4.78, 5) is 29.6. The number of ether oxygens (including phenoxy) is 1. The molecule has 0 fully saturated rings. The van der Waals surface area contributed by atoms with Crippen LogP contribution in [0.3, 0.4) is 0 Å². The zero-order valence-corrected chi connectivity index (χ0v) is 19.4. The number of benzene rings is 3. The van der Waals surface area contributed by atoms with Gasteiger partial charge < -0.3 is 10.1 Å². The molecule has 7 nitrogen and oxygen atoms in total. The largest absolute Gasteiger partial charge is 0.452 e. The molecule has 4 aromatic rings. The molecule has 1 N–H and O–H groups in total. The second-order valence-corrected chi connectivity index (χ2v) is 8.33. The van der Waals surface area contributed by atoms with E-state index in [0.29, 0.717) is 23.4 Å². The molecule has 1 atom stereocenters. The first kappa shape index (κ1) is 22.4. The lowest BCUT2D eigenvalue weighted by molar-refractivity contribution is 0.0246. The third kappa shape index (κ3) is 5.72. The van der Waals surface area contributed by atoms with Crippen LogP contribution in [0.25, 0.3) is 0 Å². The normalized spacial score (nSPS) is 11.6. The van der Waals surface area contributed by atoms with Gasteiger partial charge >= 0.3 is 5.97 Å². The molecule has 0 saturated carbocycles. The Hall–Kier alpha value is -3.78. The van der Waals surface area contributed by atoms with Crippen molar-refractivity contribution in [2.24, 2.45) is 0 Å². The number of carbonyl (C=O) groups excluding carboxylic acids is 2. The second kappa shape index (κ2) is 10.2. The maximum atomic E-state index is 13.0. The lowest BCUT2D eigenvalue weighted by Crippen LogP contribution is -2.18. The minimum atomic E-state index is -0.553. The first-order valence-corrected chi connectivity index (χ1v) is 11.0. The summed E-state index contributed by atoms with van der Waals surface area (Å²) < 4.78 is 8.35. The van der Waals surface area contributed by atoms with Crippen LogP contribution in [0.5, 0.6) is 0 Å². The van der Waals surface area contributed by atoms with Gasteiger partial charge in [0, 0.05) is 15.7 Å². The van der Waals surface area contributed by atoms with Gasteiger partial charge in [0.2, 0.25) is 0 Å². The molecule has 0 bridgehead atoms. The Bertz CT molecular complexity index is 1240. The van der Waals surface area contributed by atoms with Crippen LogP contribution in [0.15, 0.2) is 89.9 Å². The molecule has 0 aliphatic heterocycles. The number of rotatable bonds is 7. The Kier molecular flexibility index (Phi) is 6.95. The lowest BCUT2D eigenvalue weighted by atomic mass is 10.1. The van der Waals surface area contributed by atoms with Gasteiger partial charge in [0.05, 0.1) is 12.1 Å². The van der Waals surface area contributed by atoms with E-state index in [0.717, 1.165) is 15.6 Å². The van der Waals surface area contributed by atoms with E-state index in [-0.39, 0.29) is 5.91 Å². The second-order valence-electron chi connectivity index (χ2n) is 7.41. The Morgan fingerprint density at radius 2 is 1.76 bits per heavy atom. The molecular formula is C25H21BrN4O3. The van der Waals surface area contributed by atoms with Gasteiger partial charge in [-0.25, -0.2) is 14.5 Å². The van der Waals surface area contributed by atoms with Gasteiger partial charge in [-0.15, -0.1) is 0 Å². The molecule has 8 heteroatoms. The van der Waals surface area contributed by atoms with Crippen LogP contribution in [0.2, 0.25) is 0 Å². The van der Waals surface area contributed by atoms with Crippen molar-refractivity contribution in [1.82, 2.24) is 14.8 Å². The van der Waals surface area contributed by atoms with Crippen molar-refractivity contribution in [2.75, 3.05) is 5.32 Å². The number of halogens is 1. The highest BCUT2D eigenvalue weighted by atomic mass is 79.9. The first-order chi connectivity index (χ1) is 16.0. The van der Waals surface area contributed by atoms with E-state index < -0.39 is 12.1 Å². The average Bonchev–Trinajstić information content (AvgIpc) is 3.34. The number of amides is 1. The molecule has 0 radical (unpaired) electrons. The number of hydrogen-bond donors (Lipinski definition) is 1. The SMILES string of the molecule is Cc1ccc(C(=O)OC(Cn2cncn2)c2ccccc2)cc1NC(=O)c1ccc(Br)cc1. The third-order valence-corrected chi connectivity index (χ3v) is 5.60. The number of hydrogen-bond acceptors (Lipinski definition) is 5. The first-order valence-electron chi connectivity index (χ1n) is 10.3. The van der Waals surface area contributed by atoms with E-state index in [1.807, 2.05) is 37.3 Å². The summed E-state index contributed by atoms with van der Waals surface area (Å²) in [5.74, 6) is -0.757. The van der Waals surface area contributed by atoms with E-state index in [9.17, 15) is 9.59 Å². The minimum absolute atomic E-state index is 0.260. The molecule has 33 heavy (non-hydrogen) atoms. The van der Waals surface area contributed by atoms with Gasteiger partial charge in [-0.2, -0.15) is 5.10 Å². The highest BCUT2D eigenvalue weighted by molar-refractivity contribution is 9.10. The summed E-state index contributed by atoms with van der Waals surface area (Å²) in [7, 11) is 0. The third-order valence-electron chi connectivity index (χ3n) is 5.07. The Morgan fingerprint density at radius 3 is 2.45 bits per heavy atom. The molecule has 1 aromatic heterocycles. The average molecular weight is 505 g/mol. The van der Waals surface area contributed by atoms with E-state index in [1.165, 1.54) is 6.33 Å². The van der Waals surface area contributed by atoms with Crippen LogP contribution in [-0.4, -0.2) is 26.6 Å². The number of esters is 1. The maximum Gasteiger partial charge on any atom is 0.338 e. The van der Waals surface area contributed by atoms with Crippen molar-refractivity contribution in [3.05, 3.63) is 112 Å². The van der Waals surface area contributed by atoms with Crippen LogP contribution in [0.4, 0.5) is 5.69 Å². The molecular weight excluding hydrogens is 484 g/mol. The highest BCUT2D eigenvalue weighted by Crippen LogP contribution is 2.24. The quantitative estimate of drug-likeness (QED) is 0.349. The number of carbonyl (C=O) groups is 2. The Morgan fingerprint density at radius 1 is 1.03 bits per heavy atom. The summed E-state index contributed by atoms with van der Waals surface area (Å²) in [6.07, 6.45) is 2.46. The standard InChI is InChI=1S/C25H21BrN4O3/c1-17-7-8-20(13-22(17)29-24(31)19-9-11-21(26)12-10-19)25(32)33-23(14-30-16-27-15-28-30)18-5-3-2-4-6-18/h2-13,15-16,23H,14H2,1H3,(H,29,31). The maximum absolute atomic E-state index is 13.0. The molecule has 0 saturated heterocycles. The molecule has 4 rings (SSSR count). The van der Waals surface area contributed by atoms with E-state index in [2.05, 4.69) is 31.3 Å². The topological polar surface area (TPSA) is 86.1 Å². The summed E-state index contributed by atoms with van der Waals surface area (Å²) in [5.41, 5.74) is 3.08. The Balaban J connectivity index is 1.53. The molecule has 166 valence electrons. The van der Waals surface area contributed by atoms with Crippen molar-refractivity contribution in [2.45, 2.75) is 19.6 Å². The number of nitrogens with zero attached hydrogens (tertiary/aromatic N) is 3. The summed E-state index contributed by atoms with van der Waals surface area (Å²) in [6, 6.07) is 21.6. The lowest BCUT2D eigenvalue weighted by Gasteiger charge is -2.19. The zero-order chi connectivity index (χ0) is 23.2. The molecule has 1 unspecified atom stereocenters. The van der Waals surface area contributed by atoms with Crippen molar-refractivity contribution in [3.8, 4) is 0 Å². The van der Waals surface area contributed by atoms with E-state index >= 15 is 0 Å². The Labute approximate surface area is 199 Å². The molecule has 0 spiro atoms.